The summed E-state index contributed by atoms with van der Waals surface area (Å²) in [6.07, 6.45) is -21.9. The third-order valence-corrected chi connectivity index (χ3v) is 22.4. The van der Waals surface area contributed by atoms with E-state index < -0.39 is 185 Å². The predicted molar refractivity (Wildman–Crippen MR) is 321 cm³/mol. The SMILES string of the molecule is COC1C(OP([O-])(=S)OCC2OC(n3cnc4c(=O)[nH]c(N)nc43)C(O)C2OP(=O)(O)OCC2OC(n3cnc4c(=O)[nH]c(N)nc43)C(O)C2O)C(COP(=O)(O)OP(=O)(O)OP(=O)(O)OCC2OC(n3c[n+](C)c4c(=O)[nH]c(N)nc43)C(C)(O)C2O)OC1n1cnc2c(N)ncnc21. The molecular weight excluding hydrogens is 1460 g/mol. The number of methoxy groups -OCH3 is 1. The Morgan fingerprint density at radius 2 is 1.07 bits per heavy atom. The lowest BCUT2D eigenvalue weighted by molar-refractivity contribution is -0.646. The fourth-order valence-corrected chi connectivity index (χ4v) is 17.2. The van der Waals surface area contributed by atoms with E-state index in [0.717, 1.165) is 53.0 Å². The molecule has 20 N–H and O–H groups in total. The Labute approximate surface area is 552 Å². The highest BCUT2D eigenvalue weighted by atomic mass is 32.5. The van der Waals surface area contributed by atoms with Crippen LogP contribution >= 0.6 is 38.0 Å². The number of H-pyrrole nitrogens is 3. The molecule has 0 saturated carbocycles. The minimum Gasteiger partial charge on any atom is -0.780 e. The van der Waals surface area contributed by atoms with Crippen LogP contribution < -0.4 is 49.1 Å². The Morgan fingerprint density at radius 1 is 0.586 bits per heavy atom. The Morgan fingerprint density at radius 3 is 1.67 bits per heavy atom. The van der Waals surface area contributed by atoms with Gasteiger partial charge in [0.1, 0.15) is 85.7 Å². The van der Waals surface area contributed by atoms with Gasteiger partial charge in [-0.1, -0.05) is 11.8 Å². The number of rotatable bonds is 25. The van der Waals surface area contributed by atoms with Crippen LogP contribution in [0.15, 0.2) is 46.0 Å². The van der Waals surface area contributed by atoms with Gasteiger partial charge < -0.3 is 106 Å². The molecule has 0 aliphatic carbocycles. The van der Waals surface area contributed by atoms with Crippen LogP contribution in [0.25, 0.3) is 44.7 Å². The number of nitrogens with two attached hydrogens (primary N) is 4. The number of ether oxygens (including phenoxy) is 5. The van der Waals surface area contributed by atoms with Crippen LogP contribution in [0.3, 0.4) is 0 Å². The predicted octanol–water partition coefficient (Wildman–Crippen LogP) is -6.36. The zero-order valence-electron chi connectivity index (χ0n) is 50.2. The van der Waals surface area contributed by atoms with Crippen molar-refractivity contribution in [2.24, 2.45) is 7.05 Å². The number of aromatic amines is 3. The number of hydrogen-bond acceptors (Lipinski definition) is 39. The third-order valence-electron chi connectivity index (χ3n) is 15.6. The van der Waals surface area contributed by atoms with Gasteiger partial charge in [-0.25, -0.2) is 47.7 Å². The van der Waals surface area contributed by atoms with E-state index in [0.29, 0.717) is 0 Å². The normalized spacial score (nSPS) is 31.3. The molecule has 540 valence electrons. The molecule has 0 amide bonds. The molecule has 8 aromatic heterocycles. The van der Waals surface area contributed by atoms with Crippen LogP contribution in [0.4, 0.5) is 23.7 Å². The molecule has 4 fully saturated rings. The summed E-state index contributed by atoms with van der Waals surface area (Å²) in [5, 5.41) is 56.2. The van der Waals surface area contributed by atoms with Gasteiger partial charge in [0.25, 0.3) is 22.3 Å². The summed E-state index contributed by atoms with van der Waals surface area (Å²) >= 11 is 5.30. The second kappa shape index (κ2) is 26.7. The molecule has 0 bridgehead atoms. The number of hydrogen-bond donors (Lipinski definition) is 16. The molecule has 4 aliphatic heterocycles. The first-order chi connectivity index (χ1) is 46.4. The Bertz CT molecular complexity index is 4880. The minimum absolute atomic E-state index is 0.00523. The molecule has 8 aromatic rings. The van der Waals surface area contributed by atoms with Gasteiger partial charge in [-0.3, -0.25) is 61.1 Å². The monoisotopic (exact) mass is 1520 g/mol. The number of phosphoric ester groups is 3. The number of nitrogen functional groups attached to an aromatic ring is 4. The molecule has 0 spiro atoms. The number of phosphoric acid groups is 4. The molecule has 4 saturated heterocycles. The number of aryl methyl sites for hydroxylation is 1. The summed E-state index contributed by atoms with van der Waals surface area (Å²) in [4.78, 5) is 135. The maximum absolute atomic E-state index is 14.6. The highest BCUT2D eigenvalue weighted by Crippen LogP contribution is 2.68. The average molecular weight is 1520 g/mol. The van der Waals surface area contributed by atoms with Crippen LogP contribution in [0.5, 0.6) is 0 Å². The van der Waals surface area contributed by atoms with Crippen molar-refractivity contribution in [3.8, 4) is 0 Å². The first kappa shape index (κ1) is 72.2. The maximum Gasteiger partial charge on any atom is 0.490 e. The third kappa shape index (κ3) is 14.3. The molecule has 4 aliphatic rings. The lowest BCUT2D eigenvalue weighted by Gasteiger charge is -2.35. The highest BCUT2D eigenvalue weighted by molar-refractivity contribution is 8.06. The van der Waals surface area contributed by atoms with E-state index in [2.05, 4.69) is 63.4 Å². The van der Waals surface area contributed by atoms with Gasteiger partial charge in [0.2, 0.25) is 30.4 Å². The van der Waals surface area contributed by atoms with Crippen molar-refractivity contribution in [1.82, 2.24) is 73.1 Å². The molecule has 50 nitrogen and oxygen atoms in total. The van der Waals surface area contributed by atoms with E-state index in [1.165, 1.54) is 22.5 Å². The molecule has 21 atom stereocenters. The highest BCUT2D eigenvalue weighted by Gasteiger charge is 2.58. The van der Waals surface area contributed by atoms with Gasteiger partial charge in [0, 0.05) is 7.11 Å². The number of fused-ring (bicyclic) bond motifs is 4. The summed E-state index contributed by atoms with van der Waals surface area (Å²) in [6, 6.07) is 0. The summed E-state index contributed by atoms with van der Waals surface area (Å²) in [7, 11) is -21.4. The Balaban J connectivity index is 0.742. The van der Waals surface area contributed by atoms with Crippen molar-refractivity contribution in [3.05, 3.63) is 62.7 Å². The Kier molecular flexibility index (Phi) is 19.5. The molecule has 12 heterocycles. The first-order valence-corrected chi connectivity index (χ1v) is 36.6. The molecule has 0 aromatic carbocycles. The number of anilines is 4. The van der Waals surface area contributed by atoms with Crippen molar-refractivity contribution in [2.45, 2.75) is 105 Å². The maximum atomic E-state index is 14.6. The van der Waals surface area contributed by atoms with Gasteiger partial charge in [0.05, 0.1) is 52.5 Å². The van der Waals surface area contributed by atoms with Crippen molar-refractivity contribution in [3.63, 3.8) is 0 Å². The van der Waals surface area contributed by atoms with Crippen molar-refractivity contribution >= 4 is 118 Å². The number of aromatic nitrogens is 16. The van der Waals surface area contributed by atoms with Gasteiger partial charge >= 0.3 is 36.9 Å². The Hall–Kier alpha value is -6.55. The molecule has 56 heteroatoms. The zero-order chi connectivity index (χ0) is 71.5. The molecule has 0 radical (unpaired) electrons. The second-order valence-electron chi connectivity index (χ2n) is 22.3. The fourth-order valence-electron chi connectivity index (χ4n) is 11.2. The fraction of sp³-hybridized carbons (Fsp3) is 0.535. The van der Waals surface area contributed by atoms with Crippen LogP contribution in [0.1, 0.15) is 31.8 Å². The minimum atomic E-state index is -6.31. The molecule has 12 rings (SSSR count). The van der Waals surface area contributed by atoms with Crippen LogP contribution in [-0.2, 0) is 96.6 Å². The molecular formula is C43H57N20O30P5S. The second-order valence-corrected chi connectivity index (χ2v) is 31.0. The van der Waals surface area contributed by atoms with Gasteiger partial charge in [-0.05, 0) is 6.92 Å². The van der Waals surface area contributed by atoms with Crippen LogP contribution in [0.2, 0.25) is 0 Å². The van der Waals surface area contributed by atoms with Gasteiger partial charge in [0.15, 0.2) is 58.1 Å². The number of imidazole rings is 4. The van der Waals surface area contributed by atoms with Gasteiger partial charge in [-0.15, -0.1) is 0 Å². The summed E-state index contributed by atoms with van der Waals surface area (Å²) in [6.45, 7) is -8.88. The summed E-state index contributed by atoms with van der Waals surface area (Å²) in [5.41, 5.74) is 17.3. The van der Waals surface area contributed by atoms with Crippen molar-refractivity contribution in [1.29, 1.82) is 0 Å². The van der Waals surface area contributed by atoms with E-state index >= 15 is 0 Å². The van der Waals surface area contributed by atoms with Crippen molar-refractivity contribution in [2.75, 3.05) is 56.5 Å². The summed E-state index contributed by atoms with van der Waals surface area (Å²) in [5.74, 6) is -1.26. The average Bonchev–Trinajstić information content (AvgIpc) is 1.60. The zero-order valence-corrected chi connectivity index (χ0v) is 55.5. The lowest BCUT2D eigenvalue weighted by Crippen LogP contribution is -2.44. The smallest absolute Gasteiger partial charge is 0.490 e. The first-order valence-electron chi connectivity index (χ1n) is 28.1. The molecule has 99 heavy (non-hydrogen) atoms. The van der Waals surface area contributed by atoms with Crippen LogP contribution in [-0.4, -0.2) is 224 Å². The van der Waals surface area contributed by atoms with E-state index in [1.807, 2.05) is 0 Å². The van der Waals surface area contributed by atoms with E-state index in [-0.39, 0.29) is 62.4 Å². The lowest BCUT2D eigenvalue weighted by atomic mass is 9.96. The number of aliphatic hydroxyl groups is 5. The standard InChI is InChI=1S/C43H57N20O30P5S/c1-43(71)27(67)16(89-39(43)63-12-59(2)20-32(63)55-42(47)58-35(20)70)7-84-96(76,77)93-97(78,79)92-95(74,75)83-5-15-25(26(81-3)38(88-15)60-9-50-17-28(44)48-8-49-29(17)60)91-98(80,99)85-6-14-24(23(66)37(87-14)62-11-52-19-31(62)54-41(46)57-34(19)69)90-94(72,73)82-4-13-21(64)22(65)36(86-13)61-10-51-18-30(61)53-40(45)56-33(18)68/h8-16,21-27,36-39,64-67,71H,4-7H2,1-3H3,(H15-,44,45,46,47,48,49,53,54,55,56,57,58,68,69,70,72,73,74,75,76,77,78,79,80,99). The number of aliphatic hydroxyl groups excluding tert-OH is 4. The quantitative estimate of drug-likeness (QED) is 0.0187. The van der Waals surface area contributed by atoms with Crippen molar-refractivity contribution < 1.29 is 132 Å². The number of nitrogens with zero attached hydrogens (tertiary/aromatic N) is 13. The summed E-state index contributed by atoms with van der Waals surface area (Å²) < 4.78 is 129. The van der Waals surface area contributed by atoms with E-state index in [9.17, 15) is 82.6 Å². The van der Waals surface area contributed by atoms with Crippen LogP contribution in [0, 0.1) is 0 Å². The largest absolute Gasteiger partial charge is 0.780 e. The van der Waals surface area contributed by atoms with E-state index in [1.54, 1.807) is 0 Å². The topological polar surface area (TPSA) is 723 Å². The molecule has 21 unspecified atom stereocenters. The van der Waals surface area contributed by atoms with Gasteiger partial charge in [-0.2, -0.15) is 28.1 Å². The number of nitrogens with one attached hydrogen (secondary N) is 3. The van der Waals surface area contributed by atoms with E-state index in [4.69, 9.17) is 85.6 Å².